The highest BCUT2D eigenvalue weighted by Gasteiger charge is 2.22. The number of carbonyl (C=O) groups excluding carboxylic acids is 1. The Bertz CT molecular complexity index is 495. The summed E-state index contributed by atoms with van der Waals surface area (Å²) < 4.78 is 0. The number of thioether (sulfide) groups is 1. The number of hydrogen-bond donors (Lipinski definition) is 2. The van der Waals surface area contributed by atoms with E-state index >= 15 is 0 Å². The third-order valence-electron chi connectivity index (χ3n) is 3.87. The summed E-state index contributed by atoms with van der Waals surface area (Å²) in [6, 6.07) is 6.03. The SMILES string of the molecule is CC(CCN)CCC(=O)NC1CCSc2ccc(Cl)cc21. The van der Waals surface area contributed by atoms with E-state index in [0.29, 0.717) is 18.9 Å². The smallest absolute Gasteiger partial charge is 0.220 e. The molecule has 3 nitrogen and oxygen atoms in total. The van der Waals surface area contributed by atoms with Crippen LogP contribution in [0.3, 0.4) is 0 Å². The number of nitrogens with two attached hydrogens (primary N) is 1. The van der Waals surface area contributed by atoms with E-state index in [0.717, 1.165) is 35.6 Å². The number of fused-ring (bicyclic) bond motifs is 1. The second-order valence-corrected chi connectivity index (χ2v) is 7.23. The molecule has 5 heteroatoms. The first-order valence-corrected chi connectivity index (χ1v) is 8.88. The van der Waals surface area contributed by atoms with Gasteiger partial charge >= 0.3 is 0 Å². The van der Waals surface area contributed by atoms with Gasteiger partial charge in [-0.15, -0.1) is 11.8 Å². The van der Waals surface area contributed by atoms with Crippen molar-refractivity contribution in [2.24, 2.45) is 11.7 Å². The second kappa shape index (κ2) is 8.06. The van der Waals surface area contributed by atoms with Crippen LogP contribution in [0.25, 0.3) is 0 Å². The van der Waals surface area contributed by atoms with E-state index in [1.165, 1.54) is 4.90 Å². The van der Waals surface area contributed by atoms with Crippen LogP contribution in [-0.4, -0.2) is 18.2 Å². The molecule has 1 aliphatic rings. The van der Waals surface area contributed by atoms with E-state index < -0.39 is 0 Å². The van der Waals surface area contributed by atoms with Gasteiger partial charge in [-0.1, -0.05) is 18.5 Å². The molecule has 0 aliphatic carbocycles. The average Bonchev–Trinajstić information content (AvgIpc) is 2.46. The van der Waals surface area contributed by atoms with E-state index in [-0.39, 0.29) is 11.9 Å². The molecule has 0 saturated heterocycles. The van der Waals surface area contributed by atoms with Gasteiger partial charge in [0.2, 0.25) is 5.91 Å². The van der Waals surface area contributed by atoms with Crippen molar-refractivity contribution in [3.8, 4) is 0 Å². The maximum atomic E-state index is 12.1. The summed E-state index contributed by atoms with van der Waals surface area (Å²) in [6.07, 6.45) is 3.40. The highest BCUT2D eigenvalue weighted by atomic mass is 35.5. The fourth-order valence-electron chi connectivity index (χ4n) is 2.59. The molecule has 0 spiro atoms. The van der Waals surface area contributed by atoms with Crippen LogP contribution in [0, 0.1) is 5.92 Å². The van der Waals surface area contributed by atoms with Crippen molar-refractivity contribution in [3.05, 3.63) is 28.8 Å². The molecule has 1 aliphatic heterocycles. The first kappa shape index (κ1) is 16.7. The van der Waals surface area contributed by atoms with Crippen LogP contribution < -0.4 is 11.1 Å². The molecule has 0 aromatic heterocycles. The quantitative estimate of drug-likeness (QED) is 0.837. The van der Waals surface area contributed by atoms with Crippen LogP contribution in [0.5, 0.6) is 0 Å². The average molecular weight is 327 g/mol. The minimum absolute atomic E-state index is 0.0947. The van der Waals surface area contributed by atoms with Crippen molar-refractivity contribution in [3.63, 3.8) is 0 Å². The number of benzene rings is 1. The zero-order valence-corrected chi connectivity index (χ0v) is 14.0. The molecule has 3 N–H and O–H groups in total. The number of hydrogen-bond acceptors (Lipinski definition) is 3. The molecule has 2 atom stereocenters. The van der Waals surface area contributed by atoms with Crippen LogP contribution >= 0.6 is 23.4 Å². The molecule has 0 radical (unpaired) electrons. The van der Waals surface area contributed by atoms with E-state index in [4.69, 9.17) is 17.3 Å². The fourth-order valence-corrected chi connectivity index (χ4v) is 3.87. The maximum absolute atomic E-state index is 12.1. The Morgan fingerprint density at radius 3 is 3.10 bits per heavy atom. The summed E-state index contributed by atoms with van der Waals surface area (Å²) in [6.45, 7) is 2.83. The molecular weight excluding hydrogens is 304 g/mol. The molecule has 0 fully saturated rings. The topological polar surface area (TPSA) is 55.1 Å². The van der Waals surface area contributed by atoms with Crippen LogP contribution in [-0.2, 0) is 4.79 Å². The highest BCUT2D eigenvalue weighted by molar-refractivity contribution is 7.99. The monoisotopic (exact) mass is 326 g/mol. The number of rotatable bonds is 6. The zero-order valence-electron chi connectivity index (χ0n) is 12.4. The number of nitrogens with one attached hydrogen (secondary N) is 1. The lowest BCUT2D eigenvalue weighted by Gasteiger charge is -2.26. The predicted molar refractivity (Wildman–Crippen MR) is 89.7 cm³/mol. The molecular formula is C16H23ClN2OS. The van der Waals surface area contributed by atoms with Gasteiger partial charge in [-0.2, -0.15) is 0 Å². The van der Waals surface area contributed by atoms with Gasteiger partial charge in [-0.25, -0.2) is 0 Å². The van der Waals surface area contributed by atoms with Gasteiger partial charge in [-0.3, -0.25) is 4.79 Å². The normalized spacial score (nSPS) is 18.9. The molecule has 1 aromatic carbocycles. The lowest BCUT2D eigenvalue weighted by Crippen LogP contribution is -2.30. The number of halogens is 1. The Hall–Kier alpha value is -0.710. The van der Waals surface area contributed by atoms with Crippen molar-refractivity contribution in [2.45, 2.75) is 43.5 Å². The van der Waals surface area contributed by atoms with Crippen LogP contribution in [0.4, 0.5) is 0 Å². The molecule has 0 saturated carbocycles. The molecule has 1 heterocycles. The van der Waals surface area contributed by atoms with Crippen LogP contribution in [0.1, 0.15) is 44.2 Å². The Morgan fingerprint density at radius 2 is 2.33 bits per heavy atom. The molecule has 21 heavy (non-hydrogen) atoms. The largest absolute Gasteiger partial charge is 0.349 e. The molecule has 116 valence electrons. The first-order valence-electron chi connectivity index (χ1n) is 7.52. The lowest BCUT2D eigenvalue weighted by atomic mass is 10.0. The van der Waals surface area contributed by atoms with Crippen molar-refractivity contribution in [1.82, 2.24) is 5.32 Å². The number of amides is 1. The summed E-state index contributed by atoms with van der Waals surface area (Å²) in [7, 11) is 0. The van der Waals surface area contributed by atoms with Gasteiger partial charge in [0.25, 0.3) is 0 Å². The molecule has 2 rings (SSSR count). The molecule has 1 aromatic rings. The minimum Gasteiger partial charge on any atom is -0.349 e. The van der Waals surface area contributed by atoms with Crippen molar-refractivity contribution in [1.29, 1.82) is 0 Å². The van der Waals surface area contributed by atoms with Gasteiger partial charge in [0.05, 0.1) is 6.04 Å². The van der Waals surface area contributed by atoms with E-state index in [1.54, 1.807) is 0 Å². The number of carbonyl (C=O) groups is 1. The van der Waals surface area contributed by atoms with Crippen LogP contribution in [0.15, 0.2) is 23.1 Å². The summed E-state index contributed by atoms with van der Waals surface area (Å²) in [5.41, 5.74) is 6.69. The van der Waals surface area contributed by atoms with Crippen molar-refractivity contribution in [2.75, 3.05) is 12.3 Å². The lowest BCUT2D eigenvalue weighted by molar-refractivity contribution is -0.122. The maximum Gasteiger partial charge on any atom is 0.220 e. The molecule has 1 amide bonds. The standard InChI is InChI=1S/C16H23ClN2OS/c1-11(6-8-18)2-5-16(20)19-14-7-9-21-15-4-3-12(17)10-13(14)15/h3-4,10-11,14H,2,5-9,18H2,1H3,(H,19,20). The summed E-state index contributed by atoms with van der Waals surface area (Å²) >= 11 is 7.91. The third-order valence-corrected chi connectivity index (χ3v) is 5.23. The Morgan fingerprint density at radius 1 is 1.52 bits per heavy atom. The van der Waals surface area contributed by atoms with E-state index in [9.17, 15) is 4.79 Å². The summed E-state index contributed by atoms with van der Waals surface area (Å²) in [4.78, 5) is 13.4. The summed E-state index contributed by atoms with van der Waals surface area (Å²) in [5.74, 6) is 1.66. The highest BCUT2D eigenvalue weighted by Crippen LogP contribution is 2.37. The van der Waals surface area contributed by atoms with E-state index in [2.05, 4.69) is 12.2 Å². The Balaban J connectivity index is 1.92. The van der Waals surface area contributed by atoms with Gasteiger partial charge in [-0.05, 0) is 55.5 Å². The van der Waals surface area contributed by atoms with Crippen molar-refractivity contribution >= 4 is 29.3 Å². The molecule has 2 unspecified atom stereocenters. The Labute approximate surface area is 136 Å². The Kier molecular flexibility index (Phi) is 6.40. The summed E-state index contributed by atoms with van der Waals surface area (Å²) in [5, 5.41) is 3.89. The third kappa shape index (κ3) is 4.90. The van der Waals surface area contributed by atoms with Gasteiger partial charge in [0, 0.05) is 22.1 Å². The fraction of sp³-hybridized carbons (Fsp3) is 0.562. The van der Waals surface area contributed by atoms with Crippen LogP contribution in [0.2, 0.25) is 5.02 Å². The zero-order chi connectivity index (χ0) is 15.2. The van der Waals surface area contributed by atoms with Gasteiger partial charge in [0.15, 0.2) is 0 Å². The van der Waals surface area contributed by atoms with E-state index in [1.807, 2.05) is 30.0 Å². The van der Waals surface area contributed by atoms with Gasteiger partial charge < -0.3 is 11.1 Å². The van der Waals surface area contributed by atoms with Crippen molar-refractivity contribution < 1.29 is 4.79 Å². The van der Waals surface area contributed by atoms with Gasteiger partial charge in [0.1, 0.15) is 0 Å². The minimum atomic E-state index is 0.0947. The molecule has 0 bridgehead atoms. The predicted octanol–water partition coefficient (Wildman–Crippen LogP) is 3.76. The first-order chi connectivity index (χ1) is 10.1. The second-order valence-electron chi connectivity index (χ2n) is 5.66.